The third-order valence-corrected chi connectivity index (χ3v) is 17.5. The maximum absolute atomic E-state index is 13.4. The van der Waals surface area contributed by atoms with Gasteiger partial charge in [-0.1, -0.05) is 37.0 Å². The number of aryl methyl sites for hydroxylation is 1. The molecule has 0 radical (unpaired) electrons. The van der Waals surface area contributed by atoms with E-state index in [0.29, 0.717) is 57.2 Å². The number of benzene rings is 3. The Morgan fingerprint density at radius 1 is 0.562 bits per heavy atom. The zero-order valence-corrected chi connectivity index (χ0v) is 58.1. The molecule has 105 heavy (non-hydrogen) atoms. The number of ether oxygens (including phenoxy) is 4. The van der Waals surface area contributed by atoms with Crippen molar-refractivity contribution in [3.63, 3.8) is 0 Å². The molecule has 0 saturated carbocycles. The maximum atomic E-state index is 13.4. The standard InChI is InChI=1S/C29H32ClF2N9O4.C20H18F2N6O2S.C18H13ClF2N6O2/c30-20-3-4-24(45-29(31)32)21(16-20)27-22(35-28(43)23-17-33-25-2-1-5-34-41(23)25)18-40(36-27)19-26(42)39-10-8-37(9-11-39)6-7-38-12-14-44-15-13-38;1-11(2)31-12-5-6-16(30-20(21)22)13(8-12)18-14(9-24-27-18)26-19(29)15-10-23-17-4-3-7-25-28(15)17;1-26-9-12(24-17(28)13-8-22-15-3-2-6-23-27(13)15)16(25-26)11-7-10(19)4-5-14(11)29-18(20)21/h1-5,16-18,29H,6-15,19H2,(H,35,43);3-11,20H,1-2H3,(H,24,27)(H,26,29);2-9,18H,1H3,(H,24,28). The van der Waals surface area contributed by atoms with Gasteiger partial charge in [0.25, 0.3) is 17.7 Å². The molecule has 0 spiro atoms. The molecule has 9 aromatic heterocycles. The number of anilines is 3. The second kappa shape index (κ2) is 33.5. The van der Waals surface area contributed by atoms with Crippen LogP contribution in [0.1, 0.15) is 45.3 Å². The molecule has 2 aliphatic heterocycles. The highest BCUT2D eigenvalue weighted by atomic mass is 35.5. The Hall–Kier alpha value is -11.2. The minimum absolute atomic E-state index is 0.0284. The fraction of sp³-hybridized carbons (Fsp3) is 0.269. The summed E-state index contributed by atoms with van der Waals surface area (Å²) in [6.07, 6.45) is 13.2. The van der Waals surface area contributed by atoms with E-state index in [1.807, 2.05) is 13.8 Å². The summed E-state index contributed by atoms with van der Waals surface area (Å²) in [6.45, 7) is 2.75. The molecule has 3 aromatic carbocycles. The lowest BCUT2D eigenvalue weighted by Crippen LogP contribution is -2.51. The van der Waals surface area contributed by atoms with E-state index >= 15 is 0 Å². The Balaban J connectivity index is 0.000000153. The van der Waals surface area contributed by atoms with Crippen LogP contribution >= 0.6 is 35.0 Å². The van der Waals surface area contributed by atoms with Crippen LogP contribution in [0.2, 0.25) is 10.0 Å². The Morgan fingerprint density at radius 3 is 1.51 bits per heavy atom. The quantitative estimate of drug-likeness (QED) is 0.0362. The van der Waals surface area contributed by atoms with Crippen LogP contribution in [0.4, 0.5) is 43.4 Å². The second-order valence-corrected chi connectivity index (χ2v) is 25.9. The highest BCUT2D eigenvalue weighted by molar-refractivity contribution is 7.99. The number of carbonyl (C=O) groups is 4. The van der Waals surface area contributed by atoms with Crippen molar-refractivity contribution in [1.29, 1.82) is 0 Å². The van der Waals surface area contributed by atoms with Crippen LogP contribution in [0.5, 0.6) is 17.2 Å². The second-order valence-electron chi connectivity index (χ2n) is 23.4. The molecule has 4 amide bonds. The lowest BCUT2D eigenvalue weighted by molar-refractivity contribution is -0.133. The van der Waals surface area contributed by atoms with Crippen LogP contribution in [0, 0.1) is 0 Å². The Morgan fingerprint density at radius 2 is 1.02 bits per heavy atom. The number of aromatic amines is 1. The molecule has 14 rings (SSSR count). The SMILES string of the molecule is CC(C)Sc1ccc(OC(F)F)c(-c2[nH]ncc2NC(=O)c2cnc3cccnn23)c1.Cn1cc(NC(=O)c2cnc3cccnn23)c(-c2cc(Cl)ccc2OC(F)F)n1.O=C(Nc1cn(CC(=O)N2CCN(CCN3CCOCC3)CC2)nc1-c1cc(Cl)ccc1OC(F)F)c1cnc2cccnn12. The maximum Gasteiger partial charge on any atom is 0.387 e. The minimum atomic E-state index is -3.11. The van der Waals surface area contributed by atoms with E-state index in [2.05, 4.69) is 81.1 Å². The molecule has 0 unspecified atom stereocenters. The molecule has 2 aliphatic rings. The fourth-order valence-electron chi connectivity index (χ4n) is 11.3. The summed E-state index contributed by atoms with van der Waals surface area (Å²) in [5.41, 5.74) is 4.16. The first kappa shape index (κ1) is 73.6. The molecule has 29 nitrogen and oxygen atoms in total. The number of hydrogen-bond donors (Lipinski definition) is 4. The van der Waals surface area contributed by atoms with Gasteiger partial charge in [0.1, 0.15) is 35.2 Å². The summed E-state index contributed by atoms with van der Waals surface area (Å²) < 4.78 is 104. The van der Waals surface area contributed by atoms with Gasteiger partial charge >= 0.3 is 19.8 Å². The third-order valence-electron chi connectivity index (χ3n) is 16.0. The number of halogens is 8. The number of H-pyrrole nitrogens is 1. The van der Waals surface area contributed by atoms with Crippen LogP contribution in [0.3, 0.4) is 0 Å². The average molecular weight is 1510 g/mol. The lowest BCUT2D eigenvalue weighted by Gasteiger charge is -2.36. The van der Waals surface area contributed by atoms with Crippen molar-refractivity contribution in [1.82, 2.24) is 88.3 Å². The van der Waals surface area contributed by atoms with Gasteiger partial charge in [-0.2, -0.15) is 56.9 Å². The molecular formula is C67H63Cl2F6N21O8S. The van der Waals surface area contributed by atoms with Gasteiger partial charge in [0.05, 0.1) is 60.8 Å². The molecule has 0 atom stereocenters. The number of alkyl halides is 6. The van der Waals surface area contributed by atoms with Crippen molar-refractivity contribution >= 4 is 92.6 Å². The number of rotatable bonds is 22. The van der Waals surface area contributed by atoms with Gasteiger partial charge in [-0.25, -0.2) is 28.5 Å². The van der Waals surface area contributed by atoms with Crippen LogP contribution in [-0.4, -0.2) is 203 Å². The third kappa shape index (κ3) is 18.2. The van der Waals surface area contributed by atoms with Crippen LogP contribution < -0.4 is 30.2 Å². The number of thioether (sulfide) groups is 1. The van der Waals surface area contributed by atoms with Crippen molar-refractivity contribution < 1.29 is 64.5 Å². The summed E-state index contributed by atoms with van der Waals surface area (Å²) in [4.78, 5) is 72.1. The average Bonchev–Trinajstić information content (AvgIpc) is 1.65. The summed E-state index contributed by atoms with van der Waals surface area (Å²) in [5, 5.41) is 37.0. The molecule has 2 fully saturated rings. The molecule has 11 heterocycles. The lowest BCUT2D eigenvalue weighted by atomic mass is 10.1. The Labute approximate surface area is 606 Å². The molecular weight excluding hydrogens is 1440 g/mol. The molecule has 38 heteroatoms. The smallest absolute Gasteiger partial charge is 0.387 e. The summed E-state index contributed by atoms with van der Waals surface area (Å²) in [7, 11) is 1.63. The number of hydrogen-bond acceptors (Lipinski definition) is 20. The van der Waals surface area contributed by atoms with Gasteiger partial charge in [-0.05, 0) is 91.0 Å². The molecule has 2 saturated heterocycles. The predicted molar refractivity (Wildman–Crippen MR) is 374 cm³/mol. The largest absolute Gasteiger partial charge is 0.434 e. The van der Waals surface area contributed by atoms with Crippen molar-refractivity contribution in [2.75, 3.05) is 81.5 Å². The van der Waals surface area contributed by atoms with E-state index in [4.69, 9.17) is 37.4 Å². The van der Waals surface area contributed by atoms with Gasteiger partial charge in [-0.15, -0.1) is 11.8 Å². The topological polar surface area (TPSA) is 306 Å². The summed E-state index contributed by atoms with van der Waals surface area (Å²) in [6, 6.07) is 23.4. The Bertz CT molecular complexity index is 5060. The Kier molecular flexibility index (Phi) is 23.5. The van der Waals surface area contributed by atoms with Gasteiger partial charge < -0.3 is 39.8 Å². The number of amides is 4. The summed E-state index contributed by atoms with van der Waals surface area (Å²) >= 11 is 13.8. The highest BCUT2D eigenvalue weighted by Gasteiger charge is 2.28. The van der Waals surface area contributed by atoms with E-state index in [1.54, 1.807) is 78.4 Å². The van der Waals surface area contributed by atoms with E-state index < -0.39 is 37.6 Å². The van der Waals surface area contributed by atoms with Crippen molar-refractivity contribution in [3.05, 3.63) is 174 Å². The fourth-order valence-corrected chi connectivity index (χ4v) is 12.5. The monoisotopic (exact) mass is 1510 g/mol. The van der Waals surface area contributed by atoms with Crippen LogP contribution in [0.15, 0.2) is 152 Å². The molecule has 0 aliphatic carbocycles. The van der Waals surface area contributed by atoms with E-state index in [1.165, 1.54) is 115 Å². The molecule has 4 N–H and O–H groups in total. The van der Waals surface area contributed by atoms with Crippen molar-refractivity contribution in [3.8, 4) is 51.0 Å². The predicted octanol–water partition coefficient (Wildman–Crippen LogP) is 10.7. The van der Waals surface area contributed by atoms with Crippen LogP contribution in [0.25, 0.3) is 50.7 Å². The van der Waals surface area contributed by atoms with Gasteiger partial charge in [0.2, 0.25) is 5.91 Å². The van der Waals surface area contributed by atoms with Gasteiger partial charge in [0.15, 0.2) is 34.0 Å². The number of nitrogens with one attached hydrogen (secondary N) is 4. The number of carbonyl (C=O) groups excluding carboxylic acids is 4. The number of nitrogens with zero attached hydrogens (tertiary/aromatic N) is 17. The van der Waals surface area contributed by atoms with Crippen molar-refractivity contribution in [2.24, 2.45) is 7.05 Å². The first-order chi connectivity index (χ1) is 50.7. The number of piperazine rings is 1. The van der Waals surface area contributed by atoms with Crippen LogP contribution in [-0.2, 0) is 23.1 Å². The zero-order chi connectivity index (χ0) is 73.8. The number of imidazole rings is 3. The number of aromatic nitrogens is 15. The first-order valence-corrected chi connectivity index (χ1v) is 33.8. The van der Waals surface area contributed by atoms with E-state index in [0.717, 1.165) is 57.4 Å². The number of fused-ring (bicyclic) bond motifs is 3. The zero-order valence-electron chi connectivity index (χ0n) is 55.7. The molecule has 0 bridgehead atoms. The normalized spacial score (nSPS) is 13.5. The molecule has 12 aromatic rings. The van der Waals surface area contributed by atoms with Crippen molar-refractivity contribution in [2.45, 2.75) is 50.4 Å². The first-order valence-electron chi connectivity index (χ1n) is 32.2. The van der Waals surface area contributed by atoms with E-state index in [-0.39, 0.29) is 85.7 Å². The minimum Gasteiger partial charge on any atom is -0.434 e. The number of morpholine rings is 1. The highest BCUT2D eigenvalue weighted by Crippen LogP contribution is 2.41. The van der Waals surface area contributed by atoms with E-state index in [9.17, 15) is 45.5 Å². The van der Waals surface area contributed by atoms with Gasteiger partial charge in [-0.3, -0.25) is 43.4 Å². The molecule has 546 valence electrons. The summed E-state index contributed by atoms with van der Waals surface area (Å²) in [5.74, 6) is -2.03. The van der Waals surface area contributed by atoms with Gasteiger partial charge in [0, 0.05) is 127 Å².